The maximum Gasteiger partial charge on any atom is 0.340 e. The fraction of sp³-hybridized carbons (Fsp3) is 0.676. The molecule has 2 bridgehead atoms. The summed E-state index contributed by atoms with van der Waals surface area (Å²) in [7, 11) is 3.24. The smallest absolute Gasteiger partial charge is 0.340 e. The van der Waals surface area contributed by atoms with Crippen LogP contribution >= 0.6 is 67.8 Å². The quantitative estimate of drug-likeness (QED) is 0.0394. The molecule has 4 N–H and O–H groups in total. The van der Waals surface area contributed by atoms with E-state index in [1.54, 1.807) is 48.0 Å². The van der Waals surface area contributed by atoms with E-state index in [2.05, 4.69) is 10.6 Å². The van der Waals surface area contributed by atoms with Crippen LogP contribution in [0, 0.1) is 52.1 Å². The van der Waals surface area contributed by atoms with Crippen LogP contribution in [0.5, 0.6) is 0 Å². The second kappa shape index (κ2) is 37.0. The summed E-state index contributed by atoms with van der Waals surface area (Å²) in [6.07, 6.45) is 16.4. The maximum absolute atomic E-state index is 14.7. The summed E-state index contributed by atoms with van der Waals surface area (Å²) in [5.41, 5.74) is 2.47. The van der Waals surface area contributed by atoms with Gasteiger partial charge in [-0.05, 0) is 194 Å². The van der Waals surface area contributed by atoms with Crippen LogP contribution in [-0.4, -0.2) is 145 Å². The number of nitrogens with one attached hydrogen (secondary N) is 2. The highest BCUT2D eigenvalue weighted by molar-refractivity contribution is 14.1. The maximum atomic E-state index is 14.7. The predicted octanol–water partition coefficient (Wildman–Crippen LogP) is 12.0. The summed E-state index contributed by atoms with van der Waals surface area (Å²) < 4.78 is 38.3. The molecule has 3 fully saturated rings. The molecular formula is C68H98I3N3O16. The number of Topliss-reactive ketones (excluding diaryl/α,β-unsaturated/α-hetero) is 3. The molecule has 3 amide bonds. The third-order valence-corrected chi connectivity index (χ3v) is 21.5. The van der Waals surface area contributed by atoms with Crippen molar-refractivity contribution >= 4 is 126 Å². The van der Waals surface area contributed by atoms with E-state index in [-0.39, 0.29) is 90.8 Å². The molecule has 0 radical (unpaired) electrons. The molecule has 1 aliphatic carbocycles. The molecule has 1 aromatic rings. The Morgan fingerprint density at radius 2 is 1.43 bits per heavy atom. The number of anilines is 2. The molecule has 19 nitrogen and oxygen atoms in total. The number of aliphatic hydroxyl groups is 2. The first-order valence-electron chi connectivity index (χ1n) is 32.0. The number of ether oxygens (including phenoxy) is 6. The molecule has 0 aromatic heterocycles. The number of carbonyl (C=O) groups is 8. The van der Waals surface area contributed by atoms with Gasteiger partial charge >= 0.3 is 11.9 Å². The molecule has 4 aliphatic rings. The summed E-state index contributed by atoms with van der Waals surface area (Å²) >= 11 is 6.06. The largest absolute Gasteiger partial charge is 0.462 e. The topological polar surface area (TPSA) is 260 Å². The number of cyclic esters (lactones) is 1. The number of hydrogen-bond acceptors (Lipinski definition) is 16. The van der Waals surface area contributed by atoms with Gasteiger partial charge in [0.05, 0.1) is 64.8 Å². The second-order valence-corrected chi connectivity index (χ2v) is 28.8. The van der Waals surface area contributed by atoms with Gasteiger partial charge in [0.25, 0.3) is 11.7 Å². The van der Waals surface area contributed by atoms with Crippen LogP contribution in [0.3, 0.4) is 0 Å². The highest BCUT2D eigenvalue weighted by Gasteiger charge is 2.53. The standard InChI is InChI=1S/C68H98I3N3O16/c1-38-22-16-15-17-23-39(2)53(85-11)36-49-27-25-44(7)68(84,90-49)64(80)65(81)74-29-19-18-24-50(74)66(82)89-54(37-51(77)40(3)33-43(6)63(79)45(8)62(78)42(5)32-38)41(4)34-48-26-28-52(55(35-48)86-12)87-30-20-13-14-21-31-88-67(83)56-57(69)60(72-46(9)75)59(71)61(58(56)70)73-47(10)76/h15-17,22-23,33,38,40-42,44-45,48-50,52-55,63,79,84H,13-14,18-21,24-32,34-37H2,1-12H3,(H,72,75)(H,73,76)/b17-15?,22-16+,39-23?,43-33+/t38-,40-,41-,42-,44-,45+,48+,49+,50+,52-,53+,54+,55-,63-,68-/m1/s1. The second-order valence-electron chi connectivity index (χ2n) is 25.5. The lowest BCUT2D eigenvalue weighted by Crippen LogP contribution is -2.61. The molecule has 15 atom stereocenters. The summed E-state index contributed by atoms with van der Waals surface area (Å²) in [5.74, 6) is -9.66. The lowest BCUT2D eigenvalue weighted by atomic mass is 9.78. The average Bonchev–Trinajstić information content (AvgIpc) is 0.795. The van der Waals surface area contributed by atoms with Crippen molar-refractivity contribution in [3.63, 3.8) is 0 Å². The van der Waals surface area contributed by atoms with E-state index in [0.717, 1.165) is 31.3 Å². The molecule has 0 unspecified atom stereocenters. The summed E-state index contributed by atoms with van der Waals surface area (Å²) in [5, 5.41) is 29.2. The Bertz CT molecular complexity index is 2780. The number of nitrogens with zero attached hydrogens (tertiary/aromatic N) is 1. The van der Waals surface area contributed by atoms with Crippen molar-refractivity contribution in [2.45, 2.75) is 220 Å². The van der Waals surface area contributed by atoms with Crippen LogP contribution in [0.15, 0.2) is 47.6 Å². The van der Waals surface area contributed by atoms with Gasteiger partial charge < -0.3 is 54.2 Å². The van der Waals surface area contributed by atoms with E-state index >= 15 is 0 Å². The normalized spacial score (nSPS) is 31.3. The number of benzene rings is 1. The third-order valence-electron chi connectivity index (χ3n) is 18.3. The zero-order valence-corrected chi connectivity index (χ0v) is 61.1. The highest BCUT2D eigenvalue weighted by atomic mass is 127. The first-order chi connectivity index (χ1) is 42.5. The fourth-order valence-electron chi connectivity index (χ4n) is 12.8. The van der Waals surface area contributed by atoms with E-state index in [0.29, 0.717) is 98.5 Å². The summed E-state index contributed by atoms with van der Waals surface area (Å²) in [4.78, 5) is 111. The molecule has 1 saturated carbocycles. The number of piperidine rings is 1. The highest BCUT2D eigenvalue weighted by Crippen LogP contribution is 2.41. The number of aliphatic hydroxyl groups excluding tert-OH is 1. The van der Waals surface area contributed by atoms with Gasteiger partial charge in [0, 0.05) is 77.7 Å². The van der Waals surface area contributed by atoms with E-state index in [9.17, 15) is 48.6 Å². The van der Waals surface area contributed by atoms with Crippen LogP contribution in [0.2, 0.25) is 0 Å². The van der Waals surface area contributed by atoms with Crippen LogP contribution < -0.4 is 10.6 Å². The van der Waals surface area contributed by atoms with Gasteiger partial charge in [-0.3, -0.25) is 28.8 Å². The molecule has 0 spiro atoms. The zero-order valence-electron chi connectivity index (χ0n) is 54.7. The number of carbonyl (C=O) groups excluding carboxylic acids is 8. The monoisotopic (exact) mass is 1590 g/mol. The minimum Gasteiger partial charge on any atom is -0.462 e. The molecule has 90 heavy (non-hydrogen) atoms. The molecule has 5 rings (SSSR count). The van der Waals surface area contributed by atoms with Crippen LogP contribution in [-0.2, 0) is 62.0 Å². The molecule has 22 heteroatoms. The lowest BCUT2D eigenvalue weighted by molar-refractivity contribution is -0.265. The Hall–Kier alpha value is -3.51. The van der Waals surface area contributed by atoms with Crippen LogP contribution in [0.4, 0.5) is 11.4 Å². The third kappa shape index (κ3) is 21.5. The van der Waals surface area contributed by atoms with Crippen molar-refractivity contribution in [2.24, 2.45) is 41.4 Å². The molecular weight excluding hydrogens is 1500 g/mol. The molecule has 3 aliphatic heterocycles. The van der Waals surface area contributed by atoms with Crippen molar-refractivity contribution < 1.29 is 77.0 Å². The van der Waals surface area contributed by atoms with Gasteiger partial charge in [0.15, 0.2) is 0 Å². The molecule has 1 aromatic carbocycles. The Kier molecular flexibility index (Phi) is 31.7. The number of esters is 2. The summed E-state index contributed by atoms with van der Waals surface area (Å²) in [6.45, 7) is 18.1. The van der Waals surface area contributed by atoms with E-state index < -0.39 is 77.6 Å². The van der Waals surface area contributed by atoms with Gasteiger partial charge in [0.1, 0.15) is 23.7 Å². The van der Waals surface area contributed by atoms with E-state index in [1.165, 1.54) is 18.7 Å². The predicted molar refractivity (Wildman–Crippen MR) is 369 cm³/mol. The molecule has 502 valence electrons. The first kappa shape index (κ1) is 77.2. The lowest BCUT2D eigenvalue weighted by Gasteiger charge is -2.42. The van der Waals surface area contributed by atoms with Gasteiger partial charge in [-0.2, -0.15) is 0 Å². The molecule has 2 saturated heterocycles. The Morgan fingerprint density at radius 3 is 2.07 bits per heavy atom. The average molecular weight is 1590 g/mol. The van der Waals surface area contributed by atoms with E-state index in [4.69, 9.17) is 28.4 Å². The number of ketones is 3. The number of amides is 3. The Balaban J connectivity index is 1.28. The molecule has 3 heterocycles. The summed E-state index contributed by atoms with van der Waals surface area (Å²) in [6, 6.07) is -1.17. The first-order valence-corrected chi connectivity index (χ1v) is 35.3. The number of allylic oxidation sites excluding steroid dienone is 6. The van der Waals surface area contributed by atoms with Gasteiger partial charge in [-0.25, -0.2) is 9.59 Å². The van der Waals surface area contributed by atoms with Gasteiger partial charge in [0.2, 0.25) is 17.6 Å². The minimum atomic E-state index is -2.46. The van der Waals surface area contributed by atoms with Crippen molar-refractivity contribution in [3.8, 4) is 0 Å². The van der Waals surface area contributed by atoms with Crippen molar-refractivity contribution in [1.29, 1.82) is 0 Å². The number of hydrogen-bond donors (Lipinski definition) is 4. The fourth-order valence-corrected chi connectivity index (χ4v) is 17.0. The van der Waals surface area contributed by atoms with Crippen molar-refractivity contribution in [2.75, 3.05) is 44.6 Å². The zero-order chi connectivity index (χ0) is 66.7. The van der Waals surface area contributed by atoms with Crippen molar-refractivity contribution in [1.82, 2.24) is 4.90 Å². The van der Waals surface area contributed by atoms with Crippen molar-refractivity contribution in [3.05, 3.63) is 63.9 Å². The minimum absolute atomic E-state index is 0.0491. The Morgan fingerprint density at radius 1 is 0.778 bits per heavy atom. The number of unbranched alkanes of at least 4 members (excludes halogenated alkanes) is 3. The number of rotatable bonds is 16. The van der Waals surface area contributed by atoms with Gasteiger partial charge in [-0.15, -0.1) is 0 Å². The van der Waals surface area contributed by atoms with E-state index in [1.807, 2.05) is 126 Å². The van der Waals surface area contributed by atoms with Gasteiger partial charge in [-0.1, -0.05) is 84.4 Å². The van der Waals surface area contributed by atoms with Crippen LogP contribution in [0.1, 0.15) is 182 Å². The number of halogens is 3. The number of fused-ring (bicyclic) bond motifs is 3. The SMILES string of the molecule is CO[C@H]1C[C@@H]2CC[C@@H](C)[C@@](O)(O2)C(=O)C(=O)N2CCCC[C@H]2C(=O)O[C@H]([C@H](C)C[C@@H]2CC[C@@H](OCCCCCCOC(=O)c3c(I)c(NC(C)=O)c(I)c(NC(C)=O)c3I)[C@H](OC)C2)CC(=O)[C@H](C)/C=C(\C)[C@@H](O)[C@@H](C)C(=O)[C@H](C)C[C@H](C)/C=C/C=CC=C1C. The van der Waals surface area contributed by atoms with Crippen LogP contribution in [0.25, 0.3) is 0 Å². The Labute approximate surface area is 573 Å². The number of methoxy groups -OCH3 is 2.